The zero-order valence-corrected chi connectivity index (χ0v) is 13.0. The standard InChI is InChI=1S/C16H18ClNO3/c1-19-14-8-13(9-15(20-2)16(14)21-3)18-10-11-4-6-12(17)7-5-11/h4-9,18H,10H2,1-3H3. The van der Waals surface area contributed by atoms with Gasteiger partial charge in [0.25, 0.3) is 0 Å². The third-order valence-corrected chi connectivity index (χ3v) is 3.33. The minimum absolute atomic E-state index is 0.581. The fourth-order valence-corrected chi connectivity index (χ4v) is 2.12. The molecule has 112 valence electrons. The third kappa shape index (κ3) is 3.73. The summed E-state index contributed by atoms with van der Waals surface area (Å²) in [5.74, 6) is 1.82. The second-order valence-electron chi connectivity index (χ2n) is 4.39. The lowest BCUT2D eigenvalue weighted by Gasteiger charge is -2.15. The Morgan fingerprint density at radius 3 is 1.95 bits per heavy atom. The van der Waals surface area contributed by atoms with Crippen LogP contribution in [0.15, 0.2) is 36.4 Å². The first-order chi connectivity index (χ1) is 10.2. The summed E-state index contributed by atoms with van der Waals surface area (Å²) in [6.07, 6.45) is 0. The summed E-state index contributed by atoms with van der Waals surface area (Å²) in [6.45, 7) is 0.676. The van der Waals surface area contributed by atoms with Crippen molar-refractivity contribution in [2.75, 3.05) is 26.6 Å². The summed E-state index contributed by atoms with van der Waals surface area (Å²) < 4.78 is 15.9. The monoisotopic (exact) mass is 307 g/mol. The smallest absolute Gasteiger partial charge is 0.203 e. The van der Waals surface area contributed by atoms with E-state index in [-0.39, 0.29) is 0 Å². The maximum absolute atomic E-state index is 5.87. The van der Waals surface area contributed by atoms with Crippen LogP contribution in [0.25, 0.3) is 0 Å². The molecule has 0 amide bonds. The van der Waals surface area contributed by atoms with Gasteiger partial charge in [-0.3, -0.25) is 0 Å². The first-order valence-corrected chi connectivity index (χ1v) is 6.84. The maximum atomic E-state index is 5.87. The van der Waals surface area contributed by atoms with Gasteiger partial charge < -0.3 is 19.5 Å². The van der Waals surface area contributed by atoms with Crippen molar-refractivity contribution >= 4 is 17.3 Å². The Balaban J connectivity index is 2.18. The number of hydrogen-bond acceptors (Lipinski definition) is 4. The van der Waals surface area contributed by atoms with Gasteiger partial charge in [0.2, 0.25) is 5.75 Å². The van der Waals surface area contributed by atoms with E-state index in [0.717, 1.165) is 16.3 Å². The van der Waals surface area contributed by atoms with Crippen LogP contribution >= 0.6 is 11.6 Å². The molecule has 0 aliphatic carbocycles. The van der Waals surface area contributed by atoms with Gasteiger partial charge in [0, 0.05) is 29.4 Å². The summed E-state index contributed by atoms with van der Waals surface area (Å²) in [5.41, 5.74) is 2.02. The quantitative estimate of drug-likeness (QED) is 0.876. The zero-order valence-electron chi connectivity index (χ0n) is 12.3. The third-order valence-electron chi connectivity index (χ3n) is 3.07. The molecular formula is C16H18ClNO3. The number of rotatable bonds is 6. The molecule has 4 nitrogen and oxygen atoms in total. The summed E-state index contributed by atoms with van der Waals surface area (Å²) >= 11 is 5.87. The van der Waals surface area contributed by atoms with Crippen molar-refractivity contribution in [1.82, 2.24) is 0 Å². The molecule has 5 heteroatoms. The van der Waals surface area contributed by atoms with Crippen molar-refractivity contribution < 1.29 is 14.2 Å². The fraction of sp³-hybridized carbons (Fsp3) is 0.250. The van der Waals surface area contributed by atoms with Crippen LogP contribution in [0.1, 0.15) is 5.56 Å². The van der Waals surface area contributed by atoms with Crippen LogP contribution in [-0.4, -0.2) is 21.3 Å². The second kappa shape index (κ2) is 7.09. The minimum atomic E-state index is 0.581. The van der Waals surface area contributed by atoms with Gasteiger partial charge in [-0.1, -0.05) is 23.7 Å². The average Bonchev–Trinajstić information content (AvgIpc) is 2.53. The van der Waals surface area contributed by atoms with E-state index in [1.165, 1.54) is 0 Å². The first-order valence-electron chi connectivity index (χ1n) is 6.46. The normalized spacial score (nSPS) is 10.1. The van der Waals surface area contributed by atoms with Gasteiger partial charge in [0.15, 0.2) is 11.5 Å². The van der Waals surface area contributed by atoms with Crippen molar-refractivity contribution in [2.24, 2.45) is 0 Å². The molecule has 0 radical (unpaired) electrons. The highest BCUT2D eigenvalue weighted by Crippen LogP contribution is 2.39. The summed E-state index contributed by atoms with van der Waals surface area (Å²) in [5, 5.41) is 4.05. The molecule has 0 bridgehead atoms. The van der Waals surface area contributed by atoms with Gasteiger partial charge in [-0.05, 0) is 17.7 Å². The number of hydrogen-bond donors (Lipinski definition) is 1. The van der Waals surface area contributed by atoms with Gasteiger partial charge in [-0.15, -0.1) is 0 Å². The molecule has 0 aliphatic rings. The van der Waals surface area contributed by atoms with E-state index in [1.807, 2.05) is 36.4 Å². The molecule has 0 saturated carbocycles. The highest BCUT2D eigenvalue weighted by Gasteiger charge is 2.12. The molecular weight excluding hydrogens is 290 g/mol. The van der Waals surface area contributed by atoms with Crippen LogP contribution in [0.2, 0.25) is 5.02 Å². The molecule has 2 aromatic rings. The molecule has 0 atom stereocenters. The van der Waals surface area contributed by atoms with E-state index in [2.05, 4.69) is 5.32 Å². The number of anilines is 1. The molecule has 1 N–H and O–H groups in total. The topological polar surface area (TPSA) is 39.7 Å². The van der Waals surface area contributed by atoms with Crippen LogP contribution in [0.5, 0.6) is 17.2 Å². The van der Waals surface area contributed by atoms with E-state index in [0.29, 0.717) is 23.8 Å². The Morgan fingerprint density at radius 1 is 0.905 bits per heavy atom. The molecule has 21 heavy (non-hydrogen) atoms. The Morgan fingerprint density at radius 2 is 1.48 bits per heavy atom. The molecule has 0 aromatic heterocycles. The number of benzene rings is 2. The van der Waals surface area contributed by atoms with Gasteiger partial charge in [0.1, 0.15) is 0 Å². The van der Waals surface area contributed by atoms with Gasteiger partial charge >= 0.3 is 0 Å². The van der Waals surface area contributed by atoms with Crippen molar-refractivity contribution in [3.8, 4) is 17.2 Å². The van der Waals surface area contributed by atoms with Crippen molar-refractivity contribution in [3.63, 3.8) is 0 Å². The van der Waals surface area contributed by atoms with Crippen molar-refractivity contribution in [3.05, 3.63) is 47.0 Å². The minimum Gasteiger partial charge on any atom is -0.493 e. The SMILES string of the molecule is COc1cc(NCc2ccc(Cl)cc2)cc(OC)c1OC. The van der Waals surface area contributed by atoms with Crippen LogP contribution in [-0.2, 0) is 6.54 Å². The average molecular weight is 308 g/mol. The number of methoxy groups -OCH3 is 3. The van der Waals surface area contributed by atoms with Crippen LogP contribution in [0.4, 0.5) is 5.69 Å². The summed E-state index contributed by atoms with van der Waals surface area (Å²) in [6, 6.07) is 11.4. The van der Waals surface area contributed by atoms with E-state index in [4.69, 9.17) is 25.8 Å². The lowest BCUT2D eigenvalue weighted by atomic mass is 10.2. The molecule has 0 heterocycles. The van der Waals surface area contributed by atoms with Crippen molar-refractivity contribution in [2.45, 2.75) is 6.54 Å². The lowest BCUT2D eigenvalue weighted by Crippen LogP contribution is -2.01. The molecule has 0 unspecified atom stereocenters. The van der Waals surface area contributed by atoms with Crippen molar-refractivity contribution in [1.29, 1.82) is 0 Å². The lowest BCUT2D eigenvalue weighted by molar-refractivity contribution is 0.324. The summed E-state index contributed by atoms with van der Waals surface area (Å²) in [7, 11) is 4.78. The largest absolute Gasteiger partial charge is 0.493 e. The van der Waals surface area contributed by atoms with Gasteiger partial charge in [0.05, 0.1) is 21.3 Å². The Hall–Kier alpha value is -2.07. The molecule has 0 fully saturated rings. The van der Waals surface area contributed by atoms with Crippen LogP contribution in [0.3, 0.4) is 0 Å². The Kier molecular flexibility index (Phi) is 5.17. The number of nitrogens with one attached hydrogen (secondary N) is 1. The first kappa shape index (κ1) is 15.3. The molecule has 2 rings (SSSR count). The maximum Gasteiger partial charge on any atom is 0.203 e. The Bertz CT molecular complexity index is 574. The predicted octanol–water partition coefficient (Wildman–Crippen LogP) is 3.98. The van der Waals surface area contributed by atoms with E-state index in [1.54, 1.807) is 21.3 Å². The highest BCUT2D eigenvalue weighted by atomic mass is 35.5. The van der Waals surface area contributed by atoms with Gasteiger partial charge in [-0.2, -0.15) is 0 Å². The summed E-state index contributed by atoms with van der Waals surface area (Å²) in [4.78, 5) is 0. The molecule has 0 spiro atoms. The number of ether oxygens (including phenoxy) is 3. The number of halogens is 1. The second-order valence-corrected chi connectivity index (χ2v) is 4.83. The molecule has 2 aromatic carbocycles. The van der Waals surface area contributed by atoms with Crippen LogP contribution in [0, 0.1) is 0 Å². The van der Waals surface area contributed by atoms with Crippen LogP contribution < -0.4 is 19.5 Å². The van der Waals surface area contributed by atoms with E-state index < -0.39 is 0 Å². The zero-order chi connectivity index (χ0) is 15.2. The van der Waals surface area contributed by atoms with E-state index in [9.17, 15) is 0 Å². The van der Waals surface area contributed by atoms with Gasteiger partial charge in [-0.25, -0.2) is 0 Å². The molecule has 0 aliphatic heterocycles. The van der Waals surface area contributed by atoms with E-state index >= 15 is 0 Å². The highest BCUT2D eigenvalue weighted by molar-refractivity contribution is 6.30. The Labute approximate surface area is 129 Å². The molecule has 0 saturated heterocycles. The fourth-order valence-electron chi connectivity index (χ4n) is 1.99. The predicted molar refractivity (Wildman–Crippen MR) is 84.9 cm³/mol.